The number of benzene rings is 2. The molecule has 0 fully saturated rings. The molecule has 2 aromatic carbocycles. The zero-order valence-electron chi connectivity index (χ0n) is 17.5. The van der Waals surface area contributed by atoms with Crippen molar-refractivity contribution in [3.05, 3.63) is 60.3 Å². The summed E-state index contributed by atoms with van der Waals surface area (Å²) in [5, 5.41) is 13.8. The van der Waals surface area contributed by atoms with Crippen LogP contribution in [0.4, 0.5) is 15.9 Å². The van der Waals surface area contributed by atoms with Gasteiger partial charge in [0.05, 0.1) is 0 Å². The fraction of sp³-hybridized carbons (Fsp3) is 0.208. The maximum absolute atomic E-state index is 12.4. The molecule has 32 heavy (non-hydrogen) atoms. The van der Waals surface area contributed by atoms with Crippen LogP contribution in [-0.4, -0.2) is 41.0 Å². The predicted octanol–water partition coefficient (Wildman–Crippen LogP) is 4.88. The quantitative estimate of drug-likeness (QED) is 0.450. The molecule has 0 unspecified atom stereocenters. The first-order valence-corrected chi connectivity index (χ1v) is 10.3. The molecule has 0 saturated heterocycles. The lowest BCUT2D eigenvalue weighted by Gasteiger charge is -2.19. The molecule has 0 atom stereocenters. The summed E-state index contributed by atoms with van der Waals surface area (Å²) in [6, 6.07) is 16.5. The van der Waals surface area contributed by atoms with Gasteiger partial charge >= 0.3 is 0 Å². The molecule has 0 aliphatic carbocycles. The van der Waals surface area contributed by atoms with Crippen LogP contribution in [0, 0.1) is 6.92 Å². The third-order valence-electron chi connectivity index (χ3n) is 5.21. The van der Waals surface area contributed by atoms with E-state index in [9.17, 15) is 9.50 Å². The minimum absolute atomic E-state index is 0.0741. The number of halogens is 1. The molecule has 0 bridgehead atoms. The number of fused-ring (bicyclic) bond motifs is 2. The van der Waals surface area contributed by atoms with E-state index in [-0.39, 0.29) is 18.1 Å². The third-order valence-corrected chi connectivity index (χ3v) is 5.21. The first-order chi connectivity index (χ1) is 15.6. The molecule has 3 heterocycles. The highest BCUT2D eigenvalue weighted by atomic mass is 19.1. The zero-order chi connectivity index (χ0) is 22.1. The number of nitrogens with zero attached hydrogens (tertiary/aromatic N) is 2. The van der Waals surface area contributed by atoms with Gasteiger partial charge in [-0.25, -0.2) is 9.37 Å². The smallest absolute Gasteiger partial charge is 0.163 e. The number of ether oxygens (including phenoxy) is 3. The van der Waals surface area contributed by atoms with Crippen LogP contribution in [-0.2, 0) is 0 Å². The number of nitrogens with one attached hydrogen (secondary N) is 1. The van der Waals surface area contributed by atoms with Crippen LogP contribution in [0.25, 0.3) is 16.9 Å². The monoisotopic (exact) mass is 435 g/mol. The first-order valence-electron chi connectivity index (χ1n) is 10.3. The van der Waals surface area contributed by atoms with E-state index in [1.165, 1.54) is 0 Å². The van der Waals surface area contributed by atoms with Gasteiger partial charge in [0.2, 0.25) is 0 Å². The summed E-state index contributed by atoms with van der Waals surface area (Å²) in [6.07, 6.45) is 0. The molecular weight excluding hydrogens is 413 g/mol. The normalized spacial score (nSPS) is 12.7. The van der Waals surface area contributed by atoms with E-state index in [0.29, 0.717) is 36.0 Å². The van der Waals surface area contributed by atoms with Gasteiger partial charge in [-0.2, -0.15) is 0 Å². The third kappa shape index (κ3) is 3.64. The standard InChI is InChI=1S/C24H22FN3O4/c1-15-3-2-4-22-27-23(16-5-7-19(18(29)13-16)30-10-9-25)24(28(15)22)26-17-6-8-20-21(14-17)32-12-11-31-20/h2-8,13-14,26,29H,9-12H2,1H3. The lowest BCUT2D eigenvalue weighted by atomic mass is 10.1. The van der Waals surface area contributed by atoms with Crippen molar-refractivity contribution in [1.29, 1.82) is 0 Å². The predicted molar refractivity (Wildman–Crippen MR) is 119 cm³/mol. The molecule has 1 aliphatic rings. The topological polar surface area (TPSA) is 77.2 Å². The van der Waals surface area contributed by atoms with Crippen LogP contribution in [0.15, 0.2) is 54.6 Å². The fourth-order valence-corrected chi connectivity index (χ4v) is 3.76. The Morgan fingerprint density at radius 1 is 1.09 bits per heavy atom. The molecule has 164 valence electrons. The van der Waals surface area contributed by atoms with E-state index < -0.39 is 6.67 Å². The van der Waals surface area contributed by atoms with Crippen LogP contribution in [0.1, 0.15) is 5.69 Å². The molecular formula is C24H22FN3O4. The van der Waals surface area contributed by atoms with Gasteiger partial charge in [0.25, 0.3) is 0 Å². The molecule has 0 amide bonds. The number of aromatic hydroxyl groups is 1. The van der Waals surface area contributed by atoms with E-state index in [2.05, 4.69) is 5.32 Å². The number of imidazole rings is 1. The number of aromatic nitrogens is 2. The molecule has 4 aromatic rings. The summed E-state index contributed by atoms with van der Waals surface area (Å²) in [5.74, 6) is 2.29. The summed E-state index contributed by atoms with van der Waals surface area (Å²) in [7, 11) is 0. The van der Waals surface area contributed by atoms with Crippen molar-refractivity contribution in [2.24, 2.45) is 0 Å². The van der Waals surface area contributed by atoms with E-state index in [4.69, 9.17) is 19.2 Å². The zero-order valence-corrected chi connectivity index (χ0v) is 17.5. The van der Waals surface area contributed by atoms with Gasteiger partial charge in [-0.1, -0.05) is 6.07 Å². The summed E-state index contributed by atoms with van der Waals surface area (Å²) < 4.78 is 31.0. The van der Waals surface area contributed by atoms with Crippen LogP contribution in [0.3, 0.4) is 0 Å². The number of aryl methyl sites for hydroxylation is 1. The van der Waals surface area contributed by atoms with Crippen LogP contribution < -0.4 is 19.5 Å². The van der Waals surface area contributed by atoms with Gasteiger partial charge in [0.1, 0.15) is 43.7 Å². The van der Waals surface area contributed by atoms with Crippen molar-refractivity contribution in [3.63, 3.8) is 0 Å². The van der Waals surface area contributed by atoms with E-state index in [0.717, 1.165) is 22.8 Å². The van der Waals surface area contributed by atoms with Crippen molar-refractivity contribution < 1.29 is 23.7 Å². The van der Waals surface area contributed by atoms with Crippen LogP contribution in [0.2, 0.25) is 0 Å². The Labute approximate surface area is 184 Å². The van der Waals surface area contributed by atoms with Crippen LogP contribution in [0.5, 0.6) is 23.0 Å². The summed E-state index contributed by atoms with van der Waals surface area (Å²) in [5.41, 5.74) is 3.91. The number of hydrogen-bond acceptors (Lipinski definition) is 6. The van der Waals surface area contributed by atoms with E-state index in [1.807, 2.05) is 47.7 Å². The highest BCUT2D eigenvalue weighted by Crippen LogP contribution is 2.38. The average molecular weight is 435 g/mol. The van der Waals surface area contributed by atoms with Gasteiger partial charge in [-0.3, -0.25) is 4.40 Å². The number of phenolic OH excluding ortho intramolecular Hbond substituents is 1. The number of alkyl halides is 1. The minimum atomic E-state index is -0.628. The van der Waals surface area contributed by atoms with Gasteiger partial charge in [-0.05, 0) is 49.4 Å². The SMILES string of the molecule is Cc1cccc2nc(-c3ccc(OCCF)c(O)c3)c(Nc3ccc4c(c3)OCCO4)n12. The minimum Gasteiger partial charge on any atom is -0.504 e. The number of phenols is 1. The molecule has 8 heteroatoms. The Bertz CT molecular complexity index is 1290. The molecule has 0 radical (unpaired) electrons. The highest BCUT2D eigenvalue weighted by molar-refractivity contribution is 5.81. The Morgan fingerprint density at radius 2 is 1.94 bits per heavy atom. The largest absolute Gasteiger partial charge is 0.504 e. The van der Waals surface area contributed by atoms with Crippen LogP contribution >= 0.6 is 0 Å². The second-order valence-corrected chi connectivity index (χ2v) is 7.37. The Balaban J connectivity index is 1.59. The Kier molecular flexibility index (Phi) is 5.18. The lowest BCUT2D eigenvalue weighted by molar-refractivity contribution is 0.171. The fourth-order valence-electron chi connectivity index (χ4n) is 3.76. The van der Waals surface area contributed by atoms with Crippen molar-refractivity contribution in [2.75, 3.05) is 31.8 Å². The second-order valence-electron chi connectivity index (χ2n) is 7.37. The average Bonchev–Trinajstić information content (AvgIpc) is 3.17. The Morgan fingerprint density at radius 3 is 2.75 bits per heavy atom. The van der Waals surface area contributed by atoms with Gasteiger partial charge in [0.15, 0.2) is 23.0 Å². The molecule has 7 nitrogen and oxygen atoms in total. The molecule has 0 spiro atoms. The van der Waals surface area contributed by atoms with Crippen molar-refractivity contribution >= 4 is 17.2 Å². The number of hydrogen-bond donors (Lipinski definition) is 2. The lowest BCUT2D eigenvalue weighted by Crippen LogP contribution is -2.15. The number of rotatable bonds is 6. The summed E-state index contributed by atoms with van der Waals surface area (Å²) in [6.45, 7) is 2.30. The van der Waals surface area contributed by atoms with Gasteiger partial charge in [-0.15, -0.1) is 0 Å². The van der Waals surface area contributed by atoms with E-state index >= 15 is 0 Å². The first kappa shape index (κ1) is 20.0. The van der Waals surface area contributed by atoms with E-state index in [1.54, 1.807) is 18.2 Å². The maximum atomic E-state index is 12.4. The molecule has 2 aromatic heterocycles. The van der Waals surface area contributed by atoms with Crippen molar-refractivity contribution in [1.82, 2.24) is 9.38 Å². The van der Waals surface area contributed by atoms with Gasteiger partial charge in [0, 0.05) is 23.0 Å². The molecule has 0 saturated carbocycles. The summed E-state index contributed by atoms with van der Waals surface area (Å²) >= 11 is 0. The number of pyridine rings is 1. The van der Waals surface area contributed by atoms with Gasteiger partial charge < -0.3 is 24.6 Å². The van der Waals surface area contributed by atoms with Crippen molar-refractivity contribution in [3.8, 4) is 34.3 Å². The molecule has 1 aliphatic heterocycles. The highest BCUT2D eigenvalue weighted by Gasteiger charge is 2.19. The van der Waals surface area contributed by atoms with Crippen molar-refractivity contribution in [2.45, 2.75) is 6.92 Å². The molecule has 5 rings (SSSR count). The summed E-state index contributed by atoms with van der Waals surface area (Å²) in [4.78, 5) is 4.79. The maximum Gasteiger partial charge on any atom is 0.163 e. The Hall–Kier alpha value is -3.94. The second kappa shape index (κ2) is 8.30. The molecule has 2 N–H and O–H groups in total. The number of anilines is 2.